The number of rotatable bonds is 4. The summed E-state index contributed by atoms with van der Waals surface area (Å²) in [6.45, 7) is 1.67. The molecule has 3 aromatic rings. The van der Waals surface area contributed by atoms with E-state index in [-0.39, 0.29) is 11.7 Å². The van der Waals surface area contributed by atoms with Gasteiger partial charge in [0.15, 0.2) is 0 Å². The number of carbonyl (C=O) groups is 1. The Morgan fingerprint density at radius 1 is 1.21 bits per heavy atom. The number of methoxy groups -OCH3 is 1. The third-order valence-electron chi connectivity index (χ3n) is 3.50. The molecule has 0 unspecified atom stereocenters. The van der Waals surface area contributed by atoms with Crippen LogP contribution in [0, 0.1) is 12.7 Å². The zero-order valence-corrected chi connectivity index (χ0v) is 14.0. The summed E-state index contributed by atoms with van der Waals surface area (Å²) in [6, 6.07) is 12.0. The number of anilines is 1. The van der Waals surface area contributed by atoms with Gasteiger partial charge in [-0.25, -0.2) is 9.37 Å². The van der Waals surface area contributed by atoms with Crippen molar-refractivity contribution in [1.82, 2.24) is 4.98 Å². The smallest absolute Gasteiger partial charge is 0.275 e. The summed E-state index contributed by atoms with van der Waals surface area (Å²) < 4.78 is 18.7. The van der Waals surface area contributed by atoms with Crippen molar-refractivity contribution in [2.24, 2.45) is 0 Å². The van der Waals surface area contributed by atoms with Crippen LogP contribution in [-0.2, 0) is 0 Å². The van der Waals surface area contributed by atoms with Gasteiger partial charge in [0.05, 0.1) is 7.11 Å². The molecular weight excluding hydrogens is 327 g/mol. The van der Waals surface area contributed by atoms with Crippen LogP contribution in [0.1, 0.15) is 16.1 Å². The van der Waals surface area contributed by atoms with Crippen molar-refractivity contribution >= 4 is 22.9 Å². The van der Waals surface area contributed by atoms with Gasteiger partial charge in [0, 0.05) is 16.6 Å². The van der Waals surface area contributed by atoms with Gasteiger partial charge in [-0.3, -0.25) is 4.79 Å². The Kier molecular flexibility index (Phi) is 4.57. The molecule has 0 aliphatic carbocycles. The van der Waals surface area contributed by atoms with Gasteiger partial charge in [0.1, 0.15) is 22.3 Å². The SMILES string of the molecule is COc1ccc(-c2nc(C(=O)Nc3ccc(C)c(F)c3)cs2)cc1. The minimum absolute atomic E-state index is 0.298. The topological polar surface area (TPSA) is 51.2 Å². The summed E-state index contributed by atoms with van der Waals surface area (Å²) in [7, 11) is 1.61. The highest BCUT2D eigenvalue weighted by Crippen LogP contribution is 2.26. The van der Waals surface area contributed by atoms with Crippen LogP contribution in [-0.4, -0.2) is 18.0 Å². The number of aryl methyl sites for hydroxylation is 1. The molecular formula is C18H15FN2O2S. The largest absolute Gasteiger partial charge is 0.497 e. The van der Waals surface area contributed by atoms with Crippen molar-refractivity contribution in [2.75, 3.05) is 12.4 Å². The Labute approximate surface area is 142 Å². The van der Waals surface area contributed by atoms with Gasteiger partial charge in [-0.1, -0.05) is 6.07 Å². The Morgan fingerprint density at radius 3 is 2.62 bits per heavy atom. The van der Waals surface area contributed by atoms with E-state index in [1.807, 2.05) is 24.3 Å². The van der Waals surface area contributed by atoms with Crippen LogP contribution in [0.15, 0.2) is 47.8 Å². The molecule has 1 amide bonds. The van der Waals surface area contributed by atoms with Crippen molar-refractivity contribution in [1.29, 1.82) is 0 Å². The van der Waals surface area contributed by atoms with Crippen LogP contribution in [0.5, 0.6) is 5.75 Å². The van der Waals surface area contributed by atoms with Crippen LogP contribution >= 0.6 is 11.3 Å². The normalized spacial score (nSPS) is 10.5. The van der Waals surface area contributed by atoms with Crippen molar-refractivity contribution in [3.63, 3.8) is 0 Å². The van der Waals surface area contributed by atoms with E-state index in [0.29, 0.717) is 16.9 Å². The molecule has 0 spiro atoms. The summed E-state index contributed by atoms with van der Waals surface area (Å²) in [5.41, 5.74) is 2.14. The minimum atomic E-state index is -0.366. The maximum Gasteiger partial charge on any atom is 0.275 e. The summed E-state index contributed by atoms with van der Waals surface area (Å²) in [5, 5.41) is 5.07. The van der Waals surface area contributed by atoms with E-state index in [9.17, 15) is 9.18 Å². The second kappa shape index (κ2) is 6.80. The number of carbonyl (C=O) groups excluding carboxylic acids is 1. The molecule has 2 aromatic carbocycles. The molecule has 3 rings (SSSR count). The average molecular weight is 342 g/mol. The fourth-order valence-electron chi connectivity index (χ4n) is 2.11. The van der Waals surface area contributed by atoms with Crippen LogP contribution < -0.4 is 10.1 Å². The maximum atomic E-state index is 13.5. The molecule has 0 saturated carbocycles. The van der Waals surface area contributed by atoms with E-state index in [1.165, 1.54) is 17.4 Å². The number of thiazole rings is 1. The highest BCUT2D eigenvalue weighted by molar-refractivity contribution is 7.13. The fraction of sp³-hybridized carbons (Fsp3) is 0.111. The first-order valence-corrected chi connectivity index (χ1v) is 8.12. The van der Waals surface area contributed by atoms with E-state index in [4.69, 9.17) is 4.74 Å². The van der Waals surface area contributed by atoms with E-state index < -0.39 is 0 Å². The van der Waals surface area contributed by atoms with Gasteiger partial charge in [0.25, 0.3) is 5.91 Å². The second-order valence-electron chi connectivity index (χ2n) is 5.18. The Balaban J connectivity index is 1.76. The molecule has 1 heterocycles. The highest BCUT2D eigenvalue weighted by atomic mass is 32.1. The lowest BCUT2D eigenvalue weighted by Gasteiger charge is -2.04. The van der Waals surface area contributed by atoms with Crippen molar-refractivity contribution < 1.29 is 13.9 Å². The molecule has 0 bridgehead atoms. The third kappa shape index (κ3) is 3.44. The molecule has 6 heteroatoms. The van der Waals surface area contributed by atoms with E-state index in [2.05, 4.69) is 10.3 Å². The Hall–Kier alpha value is -2.73. The Morgan fingerprint density at radius 2 is 1.96 bits per heavy atom. The van der Waals surface area contributed by atoms with Crippen LogP contribution in [0.2, 0.25) is 0 Å². The molecule has 0 saturated heterocycles. The van der Waals surface area contributed by atoms with Crippen LogP contribution in [0.25, 0.3) is 10.6 Å². The predicted octanol–water partition coefficient (Wildman–Crippen LogP) is 4.52. The van der Waals surface area contributed by atoms with Crippen LogP contribution in [0.4, 0.5) is 10.1 Å². The molecule has 0 radical (unpaired) electrons. The number of benzene rings is 2. The first kappa shape index (κ1) is 16.1. The monoisotopic (exact) mass is 342 g/mol. The summed E-state index contributed by atoms with van der Waals surface area (Å²) in [5.74, 6) is 0.0361. The first-order chi connectivity index (χ1) is 11.6. The van der Waals surface area contributed by atoms with Crippen molar-refractivity contribution in [2.45, 2.75) is 6.92 Å². The first-order valence-electron chi connectivity index (χ1n) is 7.24. The zero-order valence-electron chi connectivity index (χ0n) is 13.2. The third-order valence-corrected chi connectivity index (χ3v) is 4.39. The summed E-state index contributed by atoms with van der Waals surface area (Å²) in [6.07, 6.45) is 0. The van der Waals surface area contributed by atoms with Crippen molar-refractivity contribution in [3.8, 4) is 16.3 Å². The molecule has 1 N–H and O–H groups in total. The number of amides is 1. The summed E-state index contributed by atoms with van der Waals surface area (Å²) >= 11 is 1.37. The fourth-order valence-corrected chi connectivity index (χ4v) is 2.92. The molecule has 0 aliphatic rings. The Bertz CT molecular complexity index is 875. The highest BCUT2D eigenvalue weighted by Gasteiger charge is 2.13. The van der Waals surface area contributed by atoms with E-state index in [1.54, 1.807) is 31.5 Å². The number of ether oxygens (including phenoxy) is 1. The standard InChI is InChI=1S/C18H15FN2O2S/c1-11-3-6-13(9-15(11)19)20-17(22)16-10-24-18(21-16)12-4-7-14(23-2)8-5-12/h3-10H,1-2H3,(H,20,22). The van der Waals surface area contributed by atoms with Gasteiger partial charge in [-0.2, -0.15) is 0 Å². The maximum absolute atomic E-state index is 13.5. The number of hydrogen-bond acceptors (Lipinski definition) is 4. The lowest BCUT2D eigenvalue weighted by Crippen LogP contribution is -2.12. The number of nitrogens with one attached hydrogen (secondary N) is 1. The molecule has 24 heavy (non-hydrogen) atoms. The molecule has 122 valence electrons. The molecule has 1 aromatic heterocycles. The molecule has 4 nitrogen and oxygen atoms in total. The number of aromatic nitrogens is 1. The van der Waals surface area contributed by atoms with Gasteiger partial charge < -0.3 is 10.1 Å². The second-order valence-corrected chi connectivity index (χ2v) is 6.04. The molecule has 0 atom stereocenters. The summed E-state index contributed by atoms with van der Waals surface area (Å²) in [4.78, 5) is 16.6. The quantitative estimate of drug-likeness (QED) is 0.758. The zero-order chi connectivity index (χ0) is 17.1. The van der Waals surface area contributed by atoms with Gasteiger partial charge in [-0.15, -0.1) is 11.3 Å². The predicted molar refractivity (Wildman–Crippen MR) is 93.2 cm³/mol. The number of halogens is 1. The average Bonchev–Trinajstić information content (AvgIpc) is 3.08. The minimum Gasteiger partial charge on any atom is -0.497 e. The van der Waals surface area contributed by atoms with Gasteiger partial charge in [0.2, 0.25) is 0 Å². The lowest BCUT2D eigenvalue weighted by atomic mass is 10.2. The van der Waals surface area contributed by atoms with Gasteiger partial charge in [-0.05, 0) is 48.9 Å². The number of hydrogen-bond donors (Lipinski definition) is 1. The van der Waals surface area contributed by atoms with E-state index in [0.717, 1.165) is 16.3 Å². The lowest BCUT2D eigenvalue weighted by molar-refractivity contribution is 0.102. The van der Waals surface area contributed by atoms with Crippen LogP contribution in [0.3, 0.4) is 0 Å². The van der Waals surface area contributed by atoms with E-state index >= 15 is 0 Å². The van der Waals surface area contributed by atoms with Crippen molar-refractivity contribution in [3.05, 3.63) is 64.9 Å². The number of nitrogens with zero attached hydrogens (tertiary/aromatic N) is 1. The molecule has 0 fully saturated rings. The molecule has 0 aliphatic heterocycles. The van der Waals surface area contributed by atoms with Gasteiger partial charge >= 0.3 is 0 Å².